The Morgan fingerprint density at radius 2 is 2.06 bits per heavy atom. The van der Waals surface area contributed by atoms with Crippen LogP contribution in [-0.4, -0.2) is 28.1 Å². The number of rotatable bonds is 3. The van der Waals surface area contributed by atoms with Gasteiger partial charge < -0.3 is 14.6 Å². The molecule has 4 heteroatoms. The van der Waals surface area contributed by atoms with Gasteiger partial charge in [-0.15, -0.1) is 0 Å². The second-order valence-corrected chi connectivity index (χ2v) is 4.10. The molecule has 0 saturated carbocycles. The summed E-state index contributed by atoms with van der Waals surface area (Å²) in [4.78, 5) is 5.09. The Morgan fingerprint density at radius 3 is 2.76 bits per heavy atom. The molecule has 0 amide bonds. The summed E-state index contributed by atoms with van der Waals surface area (Å²) in [6.07, 6.45) is 3.87. The van der Waals surface area contributed by atoms with E-state index in [1.165, 1.54) is 0 Å². The van der Waals surface area contributed by atoms with Gasteiger partial charge in [-0.05, 0) is 32.1 Å². The summed E-state index contributed by atoms with van der Waals surface area (Å²) in [5.41, 5.74) is 0. The standard InChI is InChI=1S/C13H16N2OS/c1-3-15(4-2)13(17)16-12-7-5-6-10-8-14-9-11(10)12/h5-9,14H,3-4H2,1-2H3. The predicted molar refractivity (Wildman–Crippen MR) is 74.4 cm³/mol. The third kappa shape index (κ3) is 2.42. The van der Waals surface area contributed by atoms with Crippen molar-refractivity contribution in [1.82, 2.24) is 9.88 Å². The maximum absolute atomic E-state index is 5.77. The van der Waals surface area contributed by atoms with Crippen LogP contribution in [0, 0.1) is 0 Å². The van der Waals surface area contributed by atoms with Crippen LogP contribution >= 0.6 is 12.2 Å². The molecule has 17 heavy (non-hydrogen) atoms. The van der Waals surface area contributed by atoms with E-state index in [0.29, 0.717) is 5.17 Å². The molecular formula is C13H16N2OS. The topological polar surface area (TPSA) is 28.3 Å². The first-order valence-electron chi connectivity index (χ1n) is 5.78. The zero-order chi connectivity index (χ0) is 12.3. The molecule has 1 aromatic heterocycles. The number of benzene rings is 1. The number of aromatic nitrogens is 1. The Labute approximate surface area is 106 Å². The Bertz CT molecular complexity index is 517. The van der Waals surface area contributed by atoms with Gasteiger partial charge >= 0.3 is 0 Å². The largest absolute Gasteiger partial charge is 0.431 e. The minimum atomic E-state index is 0.531. The molecule has 0 atom stereocenters. The second-order valence-electron chi connectivity index (χ2n) is 3.75. The first kappa shape index (κ1) is 11.9. The molecule has 0 bridgehead atoms. The monoisotopic (exact) mass is 248 g/mol. The highest BCUT2D eigenvalue weighted by Crippen LogP contribution is 2.25. The number of hydrogen-bond donors (Lipinski definition) is 1. The summed E-state index contributed by atoms with van der Waals surface area (Å²) in [7, 11) is 0. The maximum atomic E-state index is 5.77. The third-order valence-electron chi connectivity index (χ3n) is 2.79. The summed E-state index contributed by atoms with van der Waals surface area (Å²) < 4.78 is 5.77. The van der Waals surface area contributed by atoms with Crippen molar-refractivity contribution in [3.05, 3.63) is 30.6 Å². The summed E-state index contributed by atoms with van der Waals surface area (Å²) in [5.74, 6) is 0.806. The molecule has 0 unspecified atom stereocenters. The molecule has 0 aliphatic carbocycles. The molecule has 1 aromatic carbocycles. The Kier molecular flexibility index (Phi) is 3.64. The van der Waals surface area contributed by atoms with Crippen LogP contribution in [0.25, 0.3) is 10.8 Å². The van der Waals surface area contributed by atoms with Gasteiger partial charge in [0.25, 0.3) is 5.17 Å². The summed E-state index contributed by atoms with van der Waals surface area (Å²) >= 11 is 5.29. The van der Waals surface area contributed by atoms with E-state index in [4.69, 9.17) is 17.0 Å². The van der Waals surface area contributed by atoms with Crippen LogP contribution in [0.2, 0.25) is 0 Å². The van der Waals surface area contributed by atoms with E-state index in [-0.39, 0.29) is 0 Å². The van der Waals surface area contributed by atoms with Crippen LogP contribution in [0.1, 0.15) is 13.8 Å². The smallest absolute Gasteiger partial charge is 0.264 e. The predicted octanol–water partition coefficient (Wildman–Crippen LogP) is 3.17. The molecule has 90 valence electrons. The van der Waals surface area contributed by atoms with Crippen molar-refractivity contribution in [2.24, 2.45) is 0 Å². The Balaban J connectivity index is 2.23. The summed E-state index contributed by atoms with van der Waals surface area (Å²) in [6, 6.07) is 5.95. The van der Waals surface area contributed by atoms with Gasteiger partial charge in [-0.2, -0.15) is 0 Å². The highest BCUT2D eigenvalue weighted by Gasteiger charge is 2.09. The number of hydrogen-bond acceptors (Lipinski definition) is 2. The molecular weight excluding hydrogens is 232 g/mol. The van der Waals surface area contributed by atoms with Gasteiger partial charge in [0.1, 0.15) is 5.75 Å². The lowest BCUT2D eigenvalue weighted by molar-refractivity contribution is 0.380. The number of H-pyrrole nitrogens is 1. The molecule has 0 aliphatic heterocycles. The lowest BCUT2D eigenvalue weighted by Gasteiger charge is -2.21. The van der Waals surface area contributed by atoms with Gasteiger partial charge in [-0.1, -0.05) is 12.1 Å². The van der Waals surface area contributed by atoms with Crippen molar-refractivity contribution in [2.45, 2.75) is 13.8 Å². The van der Waals surface area contributed by atoms with E-state index in [1.54, 1.807) is 0 Å². The Morgan fingerprint density at radius 1 is 1.29 bits per heavy atom. The van der Waals surface area contributed by atoms with Gasteiger partial charge in [0.15, 0.2) is 0 Å². The van der Waals surface area contributed by atoms with E-state index in [2.05, 4.69) is 18.8 Å². The Hall–Kier alpha value is -1.55. The lowest BCUT2D eigenvalue weighted by atomic mass is 10.2. The lowest BCUT2D eigenvalue weighted by Crippen LogP contribution is -2.32. The fraction of sp³-hybridized carbons (Fsp3) is 0.308. The van der Waals surface area contributed by atoms with Crippen molar-refractivity contribution in [2.75, 3.05) is 13.1 Å². The van der Waals surface area contributed by atoms with Crippen molar-refractivity contribution in [3.8, 4) is 5.75 Å². The van der Waals surface area contributed by atoms with Crippen LogP contribution in [0.3, 0.4) is 0 Å². The van der Waals surface area contributed by atoms with E-state index in [9.17, 15) is 0 Å². The van der Waals surface area contributed by atoms with Crippen LogP contribution in [0.5, 0.6) is 5.75 Å². The van der Waals surface area contributed by atoms with Crippen LogP contribution in [0.15, 0.2) is 30.6 Å². The molecule has 3 nitrogen and oxygen atoms in total. The summed E-state index contributed by atoms with van der Waals surface area (Å²) in [5, 5.41) is 2.72. The van der Waals surface area contributed by atoms with Crippen molar-refractivity contribution < 1.29 is 4.74 Å². The summed E-state index contributed by atoms with van der Waals surface area (Å²) in [6.45, 7) is 5.85. The average Bonchev–Trinajstić information content (AvgIpc) is 2.80. The van der Waals surface area contributed by atoms with E-state index >= 15 is 0 Å². The molecule has 2 rings (SSSR count). The van der Waals surface area contributed by atoms with Crippen LogP contribution in [-0.2, 0) is 0 Å². The van der Waals surface area contributed by atoms with Gasteiger partial charge in [-0.25, -0.2) is 0 Å². The number of aromatic amines is 1. The van der Waals surface area contributed by atoms with Crippen molar-refractivity contribution in [1.29, 1.82) is 0 Å². The molecule has 0 spiro atoms. The minimum Gasteiger partial charge on any atom is -0.431 e. The number of ether oxygens (including phenoxy) is 1. The van der Waals surface area contributed by atoms with Crippen LogP contribution < -0.4 is 4.74 Å². The SMILES string of the molecule is CCN(CC)C(=S)Oc1cccc2c[nH]cc12. The van der Waals surface area contributed by atoms with E-state index < -0.39 is 0 Å². The molecule has 0 saturated heterocycles. The van der Waals surface area contributed by atoms with E-state index in [1.807, 2.05) is 35.5 Å². The highest BCUT2D eigenvalue weighted by molar-refractivity contribution is 7.80. The van der Waals surface area contributed by atoms with Crippen LogP contribution in [0.4, 0.5) is 0 Å². The number of nitrogens with one attached hydrogen (secondary N) is 1. The van der Waals surface area contributed by atoms with Gasteiger partial charge in [0, 0.05) is 36.3 Å². The first-order chi connectivity index (χ1) is 8.26. The minimum absolute atomic E-state index is 0.531. The number of fused-ring (bicyclic) bond motifs is 1. The molecule has 1 N–H and O–H groups in total. The quantitative estimate of drug-likeness (QED) is 0.846. The molecule has 0 fully saturated rings. The molecule has 1 heterocycles. The molecule has 0 radical (unpaired) electrons. The number of thiocarbonyl (C=S) groups is 1. The number of nitrogens with zero attached hydrogens (tertiary/aromatic N) is 1. The van der Waals surface area contributed by atoms with Gasteiger partial charge in [0.2, 0.25) is 0 Å². The average molecular weight is 248 g/mol. The fourth-order valence-electron chi connectivity index (χ4n) is 1.79. The zero-order valence-electron chi connectivity index (χ0n) is 10.1. The van der Waals surface area contributed by atoms with Crippen molar-refractivity contribution in [3.63, 3.8) is 0 Å². The first-order valence-corrected chi connectivity index (χ1v) is 6.19. The molecule has 2 aromatic rings. The molecule has 0 aliphatic rings. The highest BCUT2D eigenvalue weighted by atomic mass is 32.1. The zero-order valence-corrected chi connectivity index (χ0v) is 10.9. The van der Waals surface area contributed by atoms with Gasteiger partial charge in [-0.3, -0.25) is 0 Å². The second kappa shape index (κ2) is 5.19. The fourth-order valence-corrected chi connectivity index (χ4v) is 2.13. The van der Waals surface area contributed by atoms with Gasteiger partial charge in [0.05, 0.1) is 0 Å². The van der Waals surface area contributed by atoms with Crippen molar-refractivity contribution >= 4 is 28.2 Å². The maximum Gasteiger partial charge on any atom is 0.264 e. The third-order valence-corrected chi connectivity index (χ3v) is 3.13. The van der Waals surface area contributed by atoms with E-state index in [0.717, 1.165) is 29.6 Å². The normalized spacial score (nSPS) is 10.5.